The summed E-state index contributed by atoms with van der Waals surface area (Å²) in [6.07, 6.45) is 2.29. The lowest BCUT2D eigenvalue weighted by Crippen LogP contribution is -2.28. The van der Waals surface area contributed by atoms with E-state index in [9.17, 15) is 9.59 Å². The maximum atomic E-state index is 11.8. The fourth-order valence-electron chi connectivity index (χ4n) is 1.80. The number of anilines is 1. The Kier molecular flexibility index (Phi) is 3.75. The van der Waals surface area contributed by atoms with Crippen LogP contribution in [0.1, 0.15) is 31.1 Å². The number of primary amides is 1. The van der Waals surface area contributed by atoms with Gasteiger partial charge in [0.1, 0.15) is 11.1 Å². The largest absolute Gasteiger partial charge is 0.444 e. The number of rotatable bonds is 2. The molecule has 2 rings (SSSR count). The van der Waals surface area contributed by atoms with Gasteiger partial charge in [-0.15, -0.1) is 0 Å². The number of hydrogen-bond donors (Lipinski definition) is 2. The van der Waals surface area contributed by atoms with Crippen LogP contribution in [-0.2, 0) is 4.74 Å². The van der Waals surface area contributed by atoms with Gasteiger partial charge in [-0.3, -0.25) is 20.1 Å². The molecule has 0 saturated carbocycles. The van der Waals surface area contributed by atoms with Crippen LogP contribution in [0.25, 0.3) is 11.0 Å². The van der Waals surface area contributed by atoms with Gasteiger partial charge in [0, 0.05) is 12.4 Å². The van der Waals surface area contributed by atoms with Gasteiger partial charge in [-0.05, 0) is 32.9 Å². The number of nitrogens with zero attached hydrogens (tertiary/aromatic N) is 2. The Labute approximate surface area is 121 Å². The molecule has 0 spiro atoms. The molecule has 0 bridgehead atoms. The minimum atomic E-state index is -0.702. The highest BCUT2D eigenvalue weighted by atomic mass is 16.6. The number of fused-ring (bicyclic) bond motifs is 1. The molecule has 3 N–H and O–H groups in total. The molecule has 7 nitrogen and oxygen atoms in total. The molecule has 0 aliphatic rings. The zero-order chi connectivity index (χ0) is 15.6. The number of nitrogens with two attached hydrogens (primary N) is 1. The smallest absolute Gasteiger partial charge is 0.412 e. The number of carbonyl (C=O) groups is 2. The maximum Gasteiger partial charge on any atom is 0.412 e. The number of hydrogen-bond acceptors (Lipinski definition) is 5. The molecule has 110 valence electrons. The van der Waals surface area contributed by atoms with Gasteiger partial charge in [0.25, 0.3) is 5.91 Å². The summed E-state index contributed by atoms with van der Waals surface area (Å²) in [7, 11) is 0. The minimum absolute atomic E-state index is 0.103. The SMILES string of the molecule is CC(C)(C)OC(=O)Nc1ccc2nccnc2c1C(N)=O. The van der Waals surface area contributed by atoms with Crippen molar-refractivity contribution < 1.29 is 14.3 Å². The van der Waals surface area contributed by atoms with E-state index in [1.807, 2.05) is 0 Å². The molecular formula is C14H16N4O3. The summed E-state index contributed by atoms with van der Waals surface area (Å²) in [6.45, 7) is 5.23. The van der Waals surface area contributed by atoms with Crippen molar-refractivity contribution in [2.45, 2.75) is 26.4 Å². The van der Waals surface area contributed by atoms with E-state index in [2.05, 4.69) is 15.3 Å². The van der Waals surface area contributed by atoms with Gasteiger partial charge in [0.05, 0.1) is 16.8 Å². The van der Waals surface area contributed by atoms with Gasteiger partial charge >= 0.3 is 6.09 Å². The van der Waals surface area contributed by atoms with Gasteiger partial charge in [-0.2, -0.15) is 0 Å². The molecule has 0 radical (unpaired) electrons. The lowest BCUT2D eigenvalue weighted by Gasteiger charge is -2.20. The van der Waals surface area contributed by atoms with Crippen molar-refractivity contribution >= 4 is 28.7 Å². The van der Waals surface area contributed by atoms with E-state index in [0.717, 1.165) is 0 Å². The fraction of sp³-hybridized carbons (Fsp3) is 0.286. The summed E-state index contributed by atoms with van der Waals surface area (Å²) >= 11 is 0. The lowest BCUT2D eigenvalue weighted by molar-refractivity contribution is 0.0636. The highest BCUT2D eigenvalue weighted by Gasteiger charge is 2.20. The van der Waals surface area contributed by atoms with Crippen LogP contribution in [0.2, 0.25) is 0 Å². The lowest BCUT2D eigenvalue weighted by atomic mass is 10.1. The van der Waals surface area contributed by atoms with Gasteiger partial charge in [-0.25, -0.2) is 4.79 Å². The first kappa shape index (κ1) is 14.7. The summed E-state index contributed by atoms with van der Waals surface area (Å²) in [5.74, 6) is -0.702. The van der Waals surface area contributed by atoms with E-state index in [1.165, 1.54) is 12.4 Å². The average Bonchev–Trinajstić information content (AvgIpc) is 2.35. The fourth-order valence-corrected chi connectivity index (χ4v) is 1.80. The average molecular weight is 288 g/mol. The second-order valence-corrected chi connectivity index (χ2v) is 5.40. The van der Waals surface area contributed by atoms with E-state index < -0.39 is 17.6 Å². The molecular weight excluding hydrogens is 272 g/mol. The molecule has 0 aliphatic carbocycles. The number of amides is 2. The number of benzene rings is 1. The van der Waals surface area contributed by atoms with Crippen LogP contribution in [0.3, 0.4) is 0 Å². The topological polar surface area (TPSA) is 107 Å². The van der Waals surface area contributed by atoms with E-state index in [-0.39, 0.29) is 11.3 Å². The highest BCUT2D eigenvalue weighted by Crippen LogP contribution is 2.23. The summed E-state index contributed by atoms with van der Waals surface area (Å²) < 4.78 is 5.15. The van der Waals surface area contributed by atoms with E-state index in [1.54, 1.807) is 32.9 Å². The predicted molar refractivity (Wildman–Crippen MR) is 77.9 cm³/mol. The Balaban J connectivity index is 2.42. The van der Waals surface area contributed by atoms with E-state index in [0.29, 0.717) is 11.0 Å². The molecule has 0 atom stereocenters. The van der Waals surface area contributed by atoms with Gasteiger partial charge in [0.15, 0.2) is 0 Å². The van der Waals surface area contributed by atoms with E-state index >= 15 is 0 Å². The first-order valence-electron chi connectivity index (χ1n) is 6.31. The Bertz CT molecular complexity index is 707. The summed E-state index contributed by atoms with van der Waals surface area (Å²) in [5, 5.41) is 2.51. The molecule has 21 heavy (non-hydrogen) atoms. The number of carbonyl (C=O) groups excluding carboxylic acids is 2. The highest BCUT2D eigenvalue weighted by molar-refractivity contribution is 6.10. The quantitative estimate of drug-likeness (QED) is 0.879. The number of aromatic nitrogens is 2. The maximum absolute atomic E-state index is 11.8. The predicted octanol–water partition coefficient (Wildman–Crippen LogP) is 2.08. The first-order valence-corrected chi connectivity index (χ1v) is 6.31. The van der Waals surface area contributed by atoms with Crippen molar-refractivity contribution in [1.82, 2.24) is 9.97 Å². The zero-order valence-corrected chi connectivity index (χ0v) is 12.0. The van der Waals surface area contributed by atoms with Crippen molar-refractivity contribution in [3.05, 3.63) is 30.1 Å². The third-order valence-corrected chi connectivity index (χ3v) is 2.52. The zero-order valence-electron chi connectivity index (χ0n) is 12.0. The Morgan fingerprint density at radius 3 is 2.48 bits per heavy atom. The molecule has 0 saturated heterocycles. The van der Waals surface area contributed by atoms with Crippen molar-refractivity contribution in [3.8, 4) is 0 Å². The van der Waals surface area contributed by atoms with Crippen LogP contribution < -0.4 is 11.1 Å². The molecule has 7 heteroatoms. The Morgan fingerprint density at radius 2 is 1.86 bits per heavy atom. The van der Waals surface area contributed by atoms with E-state index in [4.69, 9.17) is 10.5 Å². The van der Waals surface area contributed by atoms with Crippen LogP contribution in [-0.4, -0.2) is 27.6 Å². The molecule has 1 aromatic carbocycles. The van der Waals surface area contributed by atoms with Gasteiger partial charge in [0.2, 0.25) is 0 Å². The summed E-state index contributed by atoms with van der Waals surface area (Å²) in [4.78, 5) is 31.7. The summed E-state index contributed by atoms with van der Waals surface area (Å²) in [5.41, 5.74) is 5.93. The molecule has 2 aromatic rings. The van der Waals surface area contributed by atoms with Crippen molar-refractivity contribution in [2.24, 2.45) is 5.73 Å². The van der Waals surface area contributed by atoms with Crippen LogP contribution >= 0.6 is 0 Å². The molecule has 0 aliphatic heterocycles. The molecule has 0 fully saturated rings. The molecule has 2 amide bonds. The Morgan fingerprint density at radius 1 is 1.19 bits per heavy atom. The second kappa shape index (κ2) is 5.35. The van der Waals surface area contributed by atoms with Crippen LogP contribution in [0.5, 0.6) is 0 Å². The van der Waals surface area contributed by atoms with Gasteiger partial charge in [-0.1, -0.05) is 0 Å². The first-order chi connectivity index (χ1) is 9.78. The van der Waals surface area contributed by atoms with Crippen molar-refractivity contribution in [2.75, 3.05) is 5.32 Å². The molecule has 1 aromatic heterocycles. The van der Waals surface area contributed by atoms with Crippen LogP contribution in [0, 0.1) is 0 Å². The van der Waals surface area contributed by atoms with Crippen molar-refractivity contribution in [3.63, 3.8) is 0 Å². The monoisotopic (exact) mass is 288 g/mol. The third-order valence-electron chi connectivity index (χ3n) is 2.52. The van der Waals surface area contributed by atoms with Crippen LogP contribution in [0.4, 0.5) is 10.5 Å². The number of ether oxygens (including phenoxy) is 1. The molecule has 1 heterocycles. The van der Waals surface area contributed by atoms with Crippen LogP contribution in [0.15, 0.2) is 24.5 Å². The third kappa shape index (κ3) is 3.44. The normalized spacial score (nSPS) is 11.2. The standard InChI is InChI=1S/C14H16N4O3/c1-14(2,3)21-13(20)18-8-4-5-9-11(10(8)12(15)19)17-7-6-16-9/h4-7H,1-3H3,(H2,15,19)(H,18,20). The second-order valence-electron chi connectivity index (χ2n) is 5.40. The Hall–Kier alpha value is -2.70. The minimum Gasteiger partial charge on any atom is -0.444 e. The molecule has 0 unspecified atom stereocenters. The number of nitrogens with one attached hydrogen (secondary N) is 1. The van der Waals surface area contributed by atoms with Gasteiger partial charge < -0.3 is 10.5 Å². The van der Waals surface area contributed by atoms with Crippen molar-refractivity contribution in [1.29, 1.82) is 0 Å². The summed E-state index contributed by atoms with van der Waals surface area (Å²) in [6, 6.07) is 3.18.